The van der Waals surface area contributed by atoms with Gasteiger partial charge in [-0.25, -0.2) is 0 Å². The normalized spacial score (nSPS) is 14.1. The minimum Gasteiger partial charge on any atom is -0.351 e. The fourth-order valence-corrected chi connectivity index (χ4v) is 3.41. The van der Waals surface area contributed by atoms with E-state index < -0.39 is 45.7 Å². The molecule has 0 bridgehead atoms. The van der Waals surface area contributed by atoms with Crippen molar-refractivity contribution in [3.63, 3.8) is 0 Å². The Kier molecular flexibility index (Phi) is 12.1. The van der Waals surface area contributed by atoms with Crippen LogP contribution in [0.15, 0.2) is 60.7 Å². The maximum Gasteiger partial charge on any atom is 0.264 e. The van der Waals surface area contributed by atoms with E-state index in [4.69, 9.17) is 27.3 Å². The van der Waals surface area contributed by atoms with Crippen LogP contribution >= 0.6 is 0 Å². The summed E-state index contributed by atoms with van der Waals surface area (Å²) in [6.07, 6.45) is -0.288. The Morgan fingerprint density at radius 1 is 0.618 bits per heavy atom. The van der Waals surface area contributed by atoms with Crippen molar-refractivity contribution >= 4 is 20.2 Å². The molecule has 2 aromatic carbocycles. The number of rotatable bonds is 17. The molecule has 2 aromatic rings. The zero-order valence-electron chi connectivity index (χ0n) is 19.1. The van der Waals surface area contributed by atoms with Crippen LogP contribution in [0.1, 0.15) is 11.1 Å². The largest absolute Gasteiger partial charge is 0.351 e. The molecule has 0 radical (unpaired) electrons. The van der Waals surface area contributed by atoms with E-state index in [0.29, 0.717) is 0 Å². The second-order valence-electron chi connectivity index (χ2n) is 7.29. The Morgan fingerprint density at radius 3 is 1.29 bits per heavy atom. The Morgan fingerprint density at radius 2 is 0.971 bits per heavy atom. The van der Waals surface area contributed by atoms with Crippen molar-refractivity contribution in [1.29, 1.82) is 0 Å². The molecular weight excluding hydrogens is 488 g/mol. The average Bonchev–Trinajstić information content (AvgIpc) is 2.78. The van der Waals surface area contributed by atoms with Crippen LogP contribution in [0.4, 0.5) is 0 Å². The molecule has 34 heavy (non-hydrogen) atoms. The molecule has 2 atom stereocenters. The molecule has 190 valence electrons. The second-order valence-corrected chi connectivity index (χ2v) is 10.6. The van der Waals surface area contributed by atoms with Gasteiger partial charge in [0.25, 0.3) is 20.2 Å². The molecule has 0 spiro atoms. The second kappa shape index (κ2) is 14.5. The maximum atomic E-state index is 11.5. The first-order valence-corrected chi connectivity index (χ1v) is 13.9. The third kappa shape index (κ3) is 13.1. The Bertz CT molecular complexity index is 942. The highest BCUT2D eigenvalue weighted by molar-refractivity contribution is 7.86. The van der Waals surface area contributed by atoms with Crippen LogP contribution in [-0.4, -0.2) is 68.4 Å². The highest BCUT2D eigenvalue weighted by Crippen LogP contribution is 2.11. The van der Waals surface area contributed by atoms with Gasteiger partial charge >= 0.3 is 0 Å². The molecule has 0 heterocycles. The predicted octanol–water partition coefficient (Wildman–Crippen LogP) is 2.06. The summed E-state index contributed by atoms with van der Waals surface area (Å²) < 4.78 is 78.0. The van der Waals surface area contributed by atoms with E-state index in [2.05, 4.69) is 0 Å². The van der Waals surface area contributed by atoms with Gasteiger partial charge in [-0.15, -0.1) is 0 Å². The molecule has 0 aromatic heterocycles. The predicted molar refractivity (Wildman–Crippen MR) is 124 cm³/mol. The van der Waals surface area contributed by atoms with Crippen molar-refractivity contribution in [3.8, 4) is 0 Å². The van der Waals surface area contributed by atoms with Crippen molar-refractivity contribution < 1.29 is 44.1 Å². The van der Waals surface area contributed by atoms with E-state index in [-0.39, 0.29) is 26.8 Å². The first-order valence-electron chi connectivity index (χ1n) is 10.3. The molecule has 0 saturated carbocycles. The van der Waals surface area contributed by atoms with Crippen LogP contribution in [0.5, 0.6) is 0 Å². The van der Waals surface area contributed by atoms with E-state index in [1.54, 1.807) is 0 Å². The Balaban J connectivity index is 1.98. The summed E-state index contributed by atoms with van der Waals surface area (Å²) in [7, 11) is -7.60. The summed E-state index contributed by atoms with van der Waals surface area (Å²) in [5, 5.41) is 0. The van der Waals surface area contributed by atoms with E-state index in [9.17, 15) is 16.8 Å². The lowest BCUT2D eigenvalue weighted by Crippen LogP contribution is -2.41. The first kappa shape index (κ1) is 28.3. The number of ether oxygens (including phenoxy) is 4. The van der Waals surface area contributed by atoms with Crippen LogP contribution in [0.3, 0.4) is 0 Å². The molecule has 0 unspecified atom stereocenters. The van der Waals surface area contributed by atoms with Crippen LogP contribution in [0.2, 0.25) is 0 Å². The standard InChI is InChI=1S/C22H30O10S2/c1-33(23,24)31-15-21(29-17-27-13-19-9-5-3-6-10-19)22(16-32-34(2,25)26)30-18-28-14-20-11-7-4-8-12-20/h3-12,21-22H,13-18H2,1-2H3/t21-,22-/m0/s1. The van der Waals surface area contributed by atoms with Gasteiger partial charge < -0.3 is 18.9 Å². The van der Waals surface area contributed by atoms with Gasteiger partial charge in [-0.1, -0.05) is 60.7 Å². The molecule has 0 N–H and O–H groups in total. The topological polar surface area (TPSA) is 124 Å². The number of hydrogen-bond donors (Lipinski definition) is 0. The highest BCUT2D eigenvalue weighted by Gasteiger charge is 2.27. The fraction of sp³-hybridized carbons (Fsp3) is 0.455. The Hall–Kier alpha value is -1.90. The lowest BCUT2D eigenvalue weighted by molar-refractivity contribution is -0.184. The summed E-state index contributed by atoms with van der Waals surface area (Å²) in [6.45, 7) is -0.821. The molecule has 0 fully saturated rings. The fourth-order valence-electron chi connectivity index (χ4n) is 2.65. The highest BCUT2D eigenvalue weighted by atomic mass is 32.2. The van der Waals surface area contributed by atoms with Crippen molar-refractivity contribution in [1.82, 2.24) is 0 Å². The summed E-state index contributed by atoms with van der Waals surface area (Å²) >= 11 is 0. The van der Waals surface area contributed by atoms with Crippen molar-refractivity contribution in [2.45, 2.75) is 25.4 Å². The summed E-state index contributed by atoms with van der Waals surface area (Å²) in [5.41, 5.74) is 1.83. The molecule has 2 rings (SSSR count). The summed E-state index contributed by atoms with van der Waals surface area (Å²) in [4.78, 5) is 0. The molecule has 0 aliphatic heterocycles. The molecular formula is C22H30O10S2. The van der Waals surface area contributed by atoms with Gasteiger partial charge in [0.05, 0.1) is 38.9 Å². The van der Waals surface area contributed by atoms with Gasteiger partial charge in [-0.05, 0) is 11.1 Å². The minimum absolute atomic E-state index is 0.226. The van der Waals surface area contributed by atoms with Crippen LogP contribution < -0.4 is 0 Å². The molecule has 12 heteroatoms. The quantitative estimate of drug-likeness (QED) is 0.175. The lowest BCUT2D eigenvalue weighted by Gasteiger charge is -2.26. The monoisotopic (exact) mass is 518 g/mol. The summed E-state index contributed by atoms with van der Waals surface area (Å²) in [5.74, 6) is 0. The molecule has 0 saturated heterocycles. The van der Waals surface area contributed by atoms with Gasteiger partial charge in [0.2, 0.25) is 0 Å². The zero-order valence-corrected chi connectivity index (χ0v) is 20.7. The Labute approximate surface area is 200 Å². The SMILES string of the molecule is CS(=O)(=O)OC[C@H](OCOCc1ccccc1)[C@H](COS(C)(=O)=O)OCOCc1ccccc1. The third-order valence-electron chi connectivity index (χ3n) is 4.26. The molecule has 0 amide bonds. The lowest BCUT2D eigenvalue weighted by atomic mass is 10.2. The van der Waals surface area contributed by atoms with Gasteiger partial charge in [0.1, 0.15) is 25.8 Å². The smallest absolute Gasteiger partial charge is 0.264 e. The third-order valence-corrected chi connectivity index (χ3v) is 5.39. The first-order chi connectivity index (χ1) is 16.1. The van der Waals surface area contributed by atoms with Gasteiger partial charge in [-0.3, -0.25) is 8.37 Å². The summed E-state index contributed by atoms with van der Waals surface area (Å²) in [6, 6.07) is 18.7. The van der Waals surface area contributed by atoms with E-state index >= 15 is 0 Å². The van der Waals surface area contributed by atoms with Crippen LogP contribution in [0.25, 0.3) is 0 Å². The molecule has 10 nitrogen and oxygen atoms in total. The van der Waals surface area contributed by atoms with E-state index in [0.717, 1.165) is 23.6 Å². The van der Waals surface area contributed by atoms with Crippen molar-refractivity contribution in [2.24, 2.45) is 0 Å². The van der Waals surface area contributed by atoms with Crippen molar-refractivity contribution in [3.05, 3.63) is 71.8 Å². The molecule has 0 aliphatic carbocycles. The van der Waals surface area contributed by atoms with Gasteiger partial charge in [-0.2, -0.15) is 16.8 Å². The zero-order chi connectivity index (χ0) is 24.9. The van der Waals surface area contributed by atoms with E-state index in [1.165, 1.54) is 0 Å². The van der Waals surface area contributed by atoms with Crippen molar-refractivity contribution in [2.75, 3.05) is 39.3 Å². The number of hydrogen-bond acceptors (Lipinski definition) is 10. The van der Waals surface area contributed by atoms with Crippen LogP contribution in [-0.2, 0) is 60.8 Å². The van der Waals surface area contributed by atoms with Crippen LogP contribution in [0, 0.1) is 0 Å². The molecule has 0 aliphatic rings. The van der Waals surface area contributed by atoms with Gasteiger partial charge in [0, 0.05) is 0 Å². The minimum atomic E-state index is -3.80. The maximum absolute atomic E-state index is 11.5. The van der Waals surface area contributed by atoms with Gasteiger partial charge in [0.15, 0.2) is 0 Å². The average molecular weight is 519 g/mol. The number of benzene rings is 2. The van der Waals surface area contributed by atoms with E-state index in [1.807, 2.05) is 60.7 Å².